The first-order valence-corrected chi connectivity index (χ1v) is 8.98. The lowest BCUT2D eigenvalue weighted by Gasteiger charge is -2.13. The van der Waals surface area contributed by atoms with E-state index in [4.69, 9.17) is 4.74 Å². The molecule has 0 saturated carbocycles. The Hall–Kier alpha value is -2.58. The number of ether oxygens (including phenoxy) is 1. The summed E-state index contributed by atoms with van der Waals surface area (Å²) < 4.78 is 30.6. The van der Waals surface area contributed by atoms with Crippen LogP contribution >= 0.6 is 0 Å². The normalized spacial score (nSPS) is 11.2. The molecule has 2 amide bonds. The van der Waals surface area contributed by atoms with E-state index in [0.29, 0.717) is 11.4 Å². The standard InChI is InChI=1S/C17H21N3O4S/c1-20(2)25(22,23)15-9-6-8-14(11-15)19-17(21)18-12-13-7-4-5-10-16(13)24-3/h4-11H,12H2,1-3H3,(H2,18,19,21). The maximum absolute atomic E-state index is 12.1. The molecule has 0 radical (unpaired) electrons. The number of hydrogen-bond acceptors (Lipinski definition) is 4. The van der Waals surface area contributed by atoms with Crippen molar-refractivity contribution in [1.29, 1.82) is 0 Å². The summed E-state index contributed by atoms with van der Waals surface area (Å²) in [4.78, 5) is 12.2. The highest BCUT2D eigenvalue weighted by molar-refractivity contribution is 7.89. The highest BCUT2D eigenvalue weighted by atomic mass is 32.2. The van der Waals surface area contributed by atoms with Crippen LogP contribution in [0, 0.1) is 0 Å². The summed E-state index contributed by atoms with van der Waals surface area (Å²) in [5.74, 6) is 0.682. The third-order valence-corrected chi connectivity index (χ3v) is 5.31. The van der Waals surface area contributed by atoms with Crippen molar-refractivity contribution in [3.63, 3.8) is 0 Å². The van der Waals surface area contributed by atoms with Gasteiger partial charge in [-0.1, -0.05) is 24.3 Å². The number of urea groups is 1. The van der Waals surface area contributed by atoms with E-state index < -0.39 is 16.1 Å². The van der Waals surface area contributed by atoms with Gasteiger partial charge in [0, 0.05) is 31.9 Å². The molecule has 2 aromatic carbocycles. The van der Waals surface area contributed by atoms with Crippen LogP contribution in [0.3, 0.4) is 0 Å². The molecule has 0 atom stereocenters. The van der Waals surface area contributed by atoms with Crippen LogP contribution in [-0.2, 0) is 16.6 Å². The fourth-order valence-electron chi connectivity index (χ4n) is 2.14. The van der Waals surface area contributed by atoms with Gasteiger partial charge < -0.3 is 15.4 Å². The van der Waals surface area contributed by atoms with Crippen molar-refractivity contribution in [3.05, 3.63) is 54.1 Å². The number of anilines is 1. The first-order chi connectivity index (χ1) is 11.8. The zero-order valence-electron chi connectivity index (χ0n) is 14.3. The highest BCUT2D eigenvalue weighted by Gasteiger charge is 2.17. The molecule has 0 heterocycles. The Morgan fingerprint density at radius 3 is 2.52 bits per heavy atom. The summed E-state index contributed by atoms with van der Waals surface area (Å²) in [7, 11) is 0.918. The van der Waals surface area contributed by atoms with Crippen LogP contribution in [-0.4, -0.2) is 40.0 Å². The minimum absolute atomic E-state index is 0.111. The summed E-state index contributed by atoms with van der Waals surface area (Å²) in [5, 5.41) is 5.34. The monoisotopic (exact) mass is 363 g/mol. The SMILES string of the molecule is COc1ccccc1CNC(=O)Nc1cccc(S(=O)(=O)N(C)C)c1. The average molecular weight is 363 g/mol. The molecular weight excluding hydrogens is 342 g/mol. The Labute approximate surface area is 147 Å². The topological polar surface area (TPSA) is 87.7 Å². The van der Waals surface area contributed by atoms with E-state index in [9.17, 15) is 13.2 Å². The molecular formula is C17H21N3O4S. The van der Waals surface area contributed by atoms with Crippen LogP contribution in [0.2, 0.25) is 0 Å². The lowest BCUT2D eigenvalue weighted by atomic mass is 10.2. The fourth-order valence-corrected chi connectivity index (χ4v) is 3.09. The maximum Gasteiger partial charge on any atom is 0.319 e. The van der Waals surface area contributed by atoms with Crippen molar-refractivity contribution in [1.82, 2.24) is 9.62 Å². The first kappa shape index (κ1) is 18.8. The first-order valence-electron chi connectivity index (χ1n) is 7.54. The number of carbonyl (C=O) groups is 1. The Morgan fingerprint density at radius 2 is 1.84 bits per heavy atom. The summed E-state index contributed by atoms with van der Waals surface area (Å²) in [5.41, 5.74) is 1.23. The van der Waals surface area contributed by atoms with Crippen molar-refractivity contribution in [3.8, 4) is 5.75 Å². The van der Waals surface area contributed by atoms with E-state index in [1.807, 2.05) is 24.3 Å². The minimum atomic E-state index is -3.55. The summed E-state index contributed by atoms with van der Waals surface area (Å²) in [6, 6.07) is 13.0. The molecule has 0 aliphatic heterocycles. The van der Waals surface area contributed by atoms with E-state index in [1.165, 1.54) is 26.2 Å². The van der Waals surface area contributed by atoms with Gasteiger partial charge in [0.1, 0.15) is 5.75 Å². The second-order valence-corrected chi connectivity index (χ2v) is 7.59. The van der Waals surface area contributed by atoms with Gasteiger partial charge in [-0.15, -0.1) is 0 Å². The Kier molecular flexibility index (Phi) is 6.00. The zero-order valence-corrected chi connectivity index (χ0v) is 15.1. The summed E-state index contributed by atoms with van der Waals surface area (Å²) >= 11 is 0. The van der Waals surface area contributed by atoms with Gasteiger partial charge in [-0.3, -0.25) is 0 Å². The molecule has 0 saturated heterocycles. The number of hydrogen-bond donors (Lipinski definition) is 2. The van der Waals surface area contributed by atoms with Crippen LogP contribution in [0.1, 0.15) is 5.56 Å². The Bertz CT molecular complexity index is 850. The molecule has 0 aliphatic carbocycles. The van der Waals surface area contributed by atoms with Crippen LogP contribution in [0.5, 0.6) is 5.75 Å². The second kappa shape index (κ2) is 8.00. The quantitative estimate of drug-likeness (QED) is 0.824. The van der Waals surface area contributed by atoms with Crippen LogP contribution in [0.25, 0.3) is 0 Å². The third-order valence-electron chi connectivity index (χ3n) is 3.50. The lowest BCUT2D eigenvalue weighted by Crippen LogP contribution is -2.28. The third kappa shape index (κ3) is 4.71. The van der Waals surface area contributed by atoms with Crippen molar-refractivity contribution >= 4 is 21.7 Å². The Balaban J connectivity index is 2.04. The smallest absolute Gasteiger partial charge is 0.319 e. The minimum Gasteiger partial charge on any atom is -0.496 e. The molecule has 0 aliphatic rings. The van der Waals surface area contributed by atoms with E-state index in [-0.39, 0.29) is 11.4 Å². The number of methoxy groups -OCH3 is 1. The van der Waals surface area contributed by atoms with Gasteiger partial charge in [0.15, 0.2) is 0 Å². The number of benzene rings is 2. The fraction of sp³-hybridized carbons (Fsp3) is 0.235. The molecule has 2 N–H and O–H groups in total. The van der Waals surface area contributed by atoms with Crippen molar-refractivity contribution in [2.24, 2.45) is 0 Å². The van der Waals surface area contributed by atoms with Gasteiger partial charge in [-0.25, -0.2) is 17.5 Å². The zero-order chi connectivity index (χ0) is 18.4. The predicted octanol–water partition coefficient (Wildman–Crippen LogP) is 2.27. The predicted molar refractivity (Wildman–Crippen MR) is 96.2 cm³/mol. The molecule has 134 valence electrons. The molecule has 0 aromatic heterocycles. The molecule has 7 nitrogen and oxygen atoms in total. The number of nitrogens with zero attached hydrogens (tertiary/aromatic N) is 1. The molecule has 8 heteroatoms. The second-order valence-electron chi connectivity index (χ2n) is 5.43. The number of rotatable bonds is 6. The largest absolute Gasteiger partial charge is 0.496 e. The number of amides is 2. The van der Waals surface area contributed by atoms with Crippen molar-refractivity contribution < 1.29 is 17.9 Å². The Morgan fingerprint density at radius 1 is 1.12 bits per heavy atom. The van der Waals surface area contributed by atoms with Gasteiger partial charge in [-0.05, 0) is 24.3 Å². The highest BCUT2D eigenvalue weighted by Crippen LogP contribution is 2.19. The summed E-state index contributed by atoms with van der Waals surface area (Å²) in [6.45, 7) is 0.283. The molecule has 0 spiro atoms. The molecule has 2 aromatic rings. The van der Waals surface area contributed by atoms with Gasteiger partial charge in [0.2, 0.25) is 10.0 Å². The van der Waals surface area contributed by atoms with Crippen molar-refractivity contribution in [2.75, 3.05) is 26.5 Å². The number of carbonyl (C=O) groups excluding carboxylic acids is 1. The molecule has 2 rings (SSSR count). The van der Waals surface area contributed by atoms with Gasteiger partial charge >= 0.3 is 6.03 Å². The lowest BCUT2D eigenvalue weighted by molar-refractivity contribution is 0.251. The van der Waals surface area contributed by atoms with E-state index in [2.05, 4.69) is 10.6 Å². The number of nitrogens with one attached hydrogen (secondary N) is 2. The number of para-hydroxylation sites is 1. The van der Waals surface area contributed by atoms with E-state index in [0.717, 1.165) is 9.87 Å². The molecule has 25 heavy (non-hydrogen) atoms. The average Bonchev–Trinajstić information content (AvgIpc) is 2.60. The van der Waals surface area contributed by atoms with Gasteiger partial charge in [0.25, 0.3) is 0 Å². The summed E-state index contributed by atoms with van der Waals surface area (Å²) in [6.07, 6.45) is 0. The van der Waals surface area contributed by atoms with Crippen LogP contribution in [0.15, 0.2) is 53.4 Å². The van der Waals surface area contributed by atoms with Crippen LogP contribution in [0.4, 0.5) is 10.5 Å². The molecule has 0 unspecified atom stereocenters. The van der Waals surface area contributed by atoms with Crippen LogP contribution < -0.4 is 15.4 Å². The molecule has 0 fully saturated rings. The van der Waals surface area contributed by atoms with E-state index >= 15 is 0 Å². The van der Waals surface area contributed by atoms with Gasteiger partial charge in [0.05, 0.1) is 12.0 Å². The molecule has 0 bridgehead atoms. The van der Waals surface area contributed by atoms with E-state index in [1.54, 1.807) is 19.2 Å². The van der Waals surface area contributed by atoms with Crippen molar-refractivity contribution in [2.45, 2.75) is 11.4 Å². The number of sulfonamides is 1. The maximum atomic E-state index is 12.1. The van der Waals surface area contributed by atoms with Gasteiger partial charge in [-0.2, -0.15) is 0 Å².